The van der Waals surface area contributed by atoms with Gasteiger partial charge >= 0.3 is 12.2 Å². The lowest BCUT2D eigenvalue weighted by Crippen LogP contribution is -2.35. The number of rotatable bonds is 2. The number of carbonyl (C=O) groups is 1. The molecule has 2 aromatic rings. The van der Waals surface area contributed by atoms with Gasteiger partial charge in [-0.2, -0.15) is 13.2 Å². The van der Waals surface area contributed by atoms with Crippen molar-refractivity contribution in [3.05, 3.63) is 64.7 Å². The molecule has 1 aliphatic heterocycles. The molecule has 0 aromatic heterocycles. The Morgan fingerprint density at radius 2 is 1.80 bits per heavy atom. The number of hydrogen-bond donors (Lipinski definition) is 1. The van der Waals surface area contributed by atoms with Crippen molar-refractivity contribution in [1.82, 2.24) is 4.90 Å². The van der Waals surface area contributed by atoms with Crippen molar-refractivity contribution in [2.24, 2.45) is 0 Å². The summed E-state index contributed by atoms with van der Waals surface area (Å²) in [6, 6.07) is 11.4. The average Bonchev–Trinajstić information content (AvgIpc) is 3.05. The first-order valence-electron chi connectivity index (χ1n) is 7.85. The highest BCUT2D eigenvalue weighted by Crippen LogP contribution is 2.36. The Bertz CT molecular complexity index is 762. The lowest BCUT2D eigenvalue weighted by molar-refractivity contribution is -0.136. The highest BCUT2D eigenvalue weighted by molar-refractivity contribution is 6.30. The van der Waals surface area contributed by atoms with E-state index in [0.29, 0.717) is 11.6 Å². The minimum atomic E-state index is -4.52. The van der Waals surface area contributed by atoms with Gasteiger partial charge in [-0.05, 0) is 42.7 Å². The fraction of sp³-hybridized carbons (Fsp3) is 0.278. The third kappa shape index (κ3) is 3.90. The maximum Gasteiger partial charge on any atom is 0.418 e. The minimum Gasteiger partial charge on any atom is -0.317 e. The molecule has 25 heavy (non-hydrogen) atoms. The van der Waals surface area contributed by atoms with Gasteiger partial charge in [-0.15, -0.1) is 0 Å². The predicted octanol–water partition coefficient (Wildman–Crippen LogP) is 5.73. The second-order valence-electron chi connectivity index (χ2n) is 5.88. The highest BCUT2D eigenvalue weighted by atomic mass is 35.5. The number of anilines is 1. The molecule has 1 fully saturated rings. The summed E-state index contributed by atoms with van der Waals surface area (Å²) in [5.41, 5.74) is -0.173. The Balaban J connectivity index is 1.80. The Morgan fingerprint density at radius 1 is 1.12 bits per heavy atom. The third-order valence-electron chi connectivity index (χ3n) is 4.24. The first kappa shape index (κ1) is 17.6. The number of amides is 2. The molecule has 1 atom stereocenters. The molecule has 7 heteroatoms. The summed E-state index contributed by atoms with van der Waals surface area (Å²) in [7, 11) is 0. The number of nitrogens with one attached hydrogen (secondary N) is 1. The van der Waals surface area contributed by atoms with Gasteiger partial charge in [0.05, 0.1) is 17.3 Å². The summed E-state index contributed by atoms with van der Waals surface area (Å²) < 4.78 is 39.2. The van der Waals surface area contributed by atoms with Crippen molar-refractivity contribution in [2.75, 3.05) is 11.9 Å². The van der Waals surface area contributed by atoms with Crippen LogP contribution >= 0.6 is 11.6 Å². The molecule has 0 saturated carbocycles. The molecule has 3 rings (SSSR count). The van der Waals surface area contributed by atoms with Gasteiger partial charge in [0.15, 0.2) is 0 Å². The highest BCUT2D eigenvalue weighted by Gasteiger charge is 2.35. The normalized spacial score (nSPS) is 17.6. The smallest absolute Gasteiger partial charge is 0.317 e. The molecule has 3 nitrogen and oxygen atoms in total. The number of halogens is 4. The van der Waals surface area contributed by atoms with Gasteiger partial charge in [0.2, 0.25) is 0 Å². The van der Waals surface area contributed by atoms with Crippen molar-refractivity contribution in [1.29, 1.82) is 0 Å². The van der Waals surface area contributed by atoms with Crippen LogP contribution in [0, 0.1) is 0 Å². The molecule has 1 aliphatic rings. The van der Waals surface area contributed by atoms with Crippen LogP contribution in [-0.2, 0) is 6.18 Å². The van der Waals surface area contributed by atoms with Gasteiger partial charge < -0.3 is 10.2 Å². The van der Waals surface area contributed by atoms with Crippen LogP contribution in [0.25, 0.3) is 0 Å². The Morgan fingerprint density at radius 3 is 2.48 bits per heavy atom. The summed E-state index contributed by atoms with van der Waals surface area (Å²) in [6.07, 6.45) is -2.97. The fourth-order valence-electron chi connectivity index (χ4n) is 3.07. The molecule has 2 amide bonds. The molecule has 132 valence electrons. The Kier molecular flexibility index (Phi) is 4.90. The van der Waals surface area contributed by atoms with Crippen molar-refractivity contribution >= 4 is 23.3 Å². The molecule has 1 saturated heterocycles. The summed E-state index contributed by atoms with van der Waals surface area (Å²) in [5, 5.41) is 3.01. The predicted molar refractivity (Wildman–Crippen MR) is 90.6 cm³/mol. The van der Waals surface area contributed by atoms with E-state index in [0.717, 1.165) is 24.5 Å². The molecule has 0 spiro atoms. The van der Waals surface area contributed by atoms with Crippen LogP contribution in [0.4, 0.5) is 23.7 Å². The van der Waals surface area contributed by atoms with E-state index in [1.807, 2.05) is 12.1 Å². The maximum atomic E-state index is 13.1. The topological polar surface area (TPSA) is 32.3 Å². The number of carbonyl (C=O) groups excluding carboxylic acids is 1. The zero-order valence-electron chi connectivity index (χ0n) is 13.2. The molecule has 1 heterocycles. The van der Waals surface area contributed by atoms with Crippen LogP contribution in [0.2, 0.25) is 5.02 Å². The molecule has 0 unspecified atom stereocenters. The van der Waals surface area contributed by atoms with E-state index < -0.39 is 17.8 Å². The molecule has 0 radical (unpaired) electrons. The van der Waals surface area contributed by atoms with Crippen LogP contribution in [0.5, 0.6) is 0 Å². The summed E-state index contributed by atoms with van der Waals surface area (Å²) >= 11 is 5.89. The van der Waals surface area contributed by atoms with Crippen LogP contribution in [0.3, 0.4) is 0 Å². The quantitative estimate of drug-likeness (QED) is 0.721. The number of para-hydroxylation sites is 1. The van der Waals surface area contributed by atoms with Gasteiger partial charge in [0, 0.05) is 11.6 Å². The average molecular weight is 369 g/mol. The standard InChI is InChI=1S/C18H16ClF3N2O/c19-13-9-7-12(8-10-13)16-6-3-11-24(16)17(25)23-15-5-2-1-4-14(15)18(20,21)22/h1-2,4-5,7-10,16H,3,6,11H2,(H,23,25)/t16-/m1/s1. The second-order valence-corrected chi connectivity index (χ2v) is 6.31. The van der Waals surface area contributed by atoms with Gasteiger partial charge in [-0.1, -0.05) is 35.9 Å². The van der Waals surface area contributed by atoms with Crippen LogP contribution < -0.4 is 5.32 Å². The first-order valence-corrected chi connectivity index (χ1v) is 8.23. The van der Waals surface area contributed by atoms with Gasteiger partial charge in [0.25, 0.3) is 0 Å². The second kappa shape index (κ2) is 6.96. The van der Waals surface area contributed by atoms with Gasteiger partial charge in [0.1, 0.15) is 0 Å². The Hall–Kier alpha value is -2.21. The molecule has 1 N–H and O–H groups in total. The largest absolute Gasteiger partial charge is 0.418 e. The monoisotopic (exact) mass is 368 g/mol. The first-order chi connectivity index (χ1) is 11.9. The van der Waals surface area contributed by atoms with E-state index >= 15 is 0 Å². The number of nitrogens with zero attached hydrogens (tertiary/aromatic N) is 1. The number of urea groups is 1. The van der Waals surface area contributed by atoms with Crippen molar-refractivity contribution < 1.29 is 18.0 Å². The van der Waals surface area contributed by atoms with E-state index in [4.69, 9.17) is 11.6 Å². The van der Waals surface area contributed by atoms with E-state index in [2.05, 4.69) is 5.32 Å². The number of likely N-dealkylation sites (tertiary alicyclic amines) is 1. The lowest BCUT2D eigenvalue weighted by atomic mass is 10.1. The lowest BCUT2D eigenvalue weighted by Gasteiger charge is -2.26. The van der Waals surface area contributed by atoms with Crippen LogP contribution in [0.1, 0.15) is 30.0 Å². The molecular weight excluding hydrogens is 353 g/mol. The van der Waals surface area contributed by atoms with Gasteiger partial charge in [-0.3, -0.25) is 0 Å². The van der Waals surface area contributed by atoms with Crippen molar-refractivity contribution in [2.45, 2.75) is 25.1 Å². The van der Waals surface area contributed by atoms with Crippen molar-refractivity contribution in [3.63, 3.8) is 0 Å². The fourth-order valence-corrected chi connectivity index (χ4v) is 3.19. The summed E-state index contributed by atoms with van der Waals surface area (Å²) in [5.74, 6) is 0. The summed E-state index contributed by atoms with van der Waals surface area (Å²) in [6.45, 7) is 0.493. The minimum absolute atomic E-state index is 0.171. The van der Waals surface area contributed by atoms with Crippen molar-refractivity contribution in [3.8, 4) is 0 Å². The SMILES string of the molecule is O=C(Nc1ccccc1C(F)(F)F)N1CCC[C@@H]1c1ccc(Cl)cc1. The molecule has 2 aromatic carbocycles. The summed E-state index contributed by atoms with van der Waals surface area (Å²) in [4.78, 5) is 14.1. The zero-order valence-corrected chi connectivity index (χ0v) is 13.9. The number of hydrogen-bond acceptors (Lipinski definition) is 1. The van der Waals surface area contributed by atoms with E-state index in [1.54, 1.807) is 17.0 Å². The number of benzene rings is 2. The third-order valence-corrected chi connectivity index (χ3v) is 4.49. The number of alkyl halides is 3. The molecule has 0 bridgehead atoms. The van der Waals surface area contributed by atoms with Crippen LogP contribution in [0.15, 0.2) is 48.5 Å². The molecular formula is C18H16ClF3N2O. The maximum absolute atomic E-state index is 13.1. The molecule has 0 aliphatic carbocycles. The van der Waals surface area contributed by atoms with E-state index in [9.17, 15) is 18.0 Å². The van der Waals surface area contributed by atoms with Gasteiger partial charge in [-0.25, -0.2) is 4.79 Å². The van der Waals surface area contributed by atoms with Crippen LogP contribution in [-0.4, -0.2) is 17.5 Å². The zero-order chi connectivity index (χ0) is 18.0. The van der Waals surface area contributed by atoms with E-state index in [-0.39, 0.29) is 11.7 Å². The Labute approximate surface area is 148 Å². The van der Waals surface area contributed by atoms with E-state index in [1.165, 1.54) is 18.2 Å².